The molecule has 1 saturated heterocycles. The van der Waals surface area contributed by atoms with Crippen LogP contribution in [-0.2, 0) is 0 Å². The molecule has 0 aliphatic carbocycles. The van der Waals surface area contributed by atoms with Gasteiger partial charge in [0.25, 0.3) is 5.91 Å². The highest BCUT2D eigenvalue weighted by atomic mass is 16.2. The van der Waals surface area contributed by atoms with Crippen LogP contribution in [-0.4, -0.2) is 39.1 Å². The molecule has 3 rings (SSSR count). The van der Waals surface area contributed by atoms with E-state index in [9.17, 15) is 4.79 Å². The minimum absolute atomic E-state index is 0.0640. The van der Waals surface area contributed by atoms with Crippen molar-refractivity contribution in [1.82, 2.24) is 20.1 Å². The van der Waals surface area contributed by atoms with Crippen LogP contribution >= 0.6 is 0 Å². The molecule has 1 aliphatic rings. The van der Waals surface area contributed by atoms with Gasteiger partial charge < -0.3 is 4.90 Å². The lowest BCUT2D eigenvalue weighted by Crippen LogP contribution is -2.29. The summed E-state index contributed by atoms with van der Waals surface area (Å²) in [7, 11) is 0. The van der Waals surface area contributed by atoms with Crippen molar-refractivity contribution in [3.8, 4) is 0 Å². The van der Waals surface area contributed by atoms with E-state index in [1.54, 1.807) is 0 Å². The molecule has 2 aromatic rings. The number of amides is 1. The SMILES string of the molecule is O=C(c1ncn[nH]1)N1CCC(c2ccccc2)C1. The predicted octanol–water partition coefficient (Wildman–Crippen LogP) is 1.43. The predicted molar refractivity (Wildman–Crippen MR) is 66.1 cm³/mol. The molecule has 1 aromatic carbocycles. The van der Waals surface area contributed by atoms with Crippen molar-refractivity contribution in [3.63, 3.8) is 0 Å². The van der Waals surface area contributed by atoms with Crippen molar-refractivity contribution in [2.75, 3.05) is 13.1 Å². The number of carbonyl (C=O) groups excluding carboxylic acids is 1. The maximum atomic E-state index is 12.1. The summed E-state index contributed by atoms with van der Waals surface area (Å²) in [6.07, 6.45) is 2.36. The number of H-pyrrole nitrogens is 1. The largest absolute Gasteiger partial charge is 0.335 e. The fourth-order valence-corrected chi connectivity index (χ4v) is 2.40. The van der Waals surface area contributed by atoms with Crippen LogP contribution in [0.2, 0.25) is 0 Å². The second-order valence-electron chi connectivity index (χ2n) is 4.48. The average Bonchev–Trinajstić information content (AvgIpc) is 3.10. The summed E-state index contributed by atoms with van der Waals surface area (Å²) in [6, 6.07) is 10.3. The lowest BCUT2D eigenvalue weighted by Gasteiger charge is -2.14. The highest BCUT2D eigenvalue weighted by molar-refractivity contribution is 5.90. The molecule has 0 saturated carbocycles. The van der Waals surface area contributed by atoms with Gasteiger partial charge in [0.1, 0.15) is 6.33 Å². The second-order valence-corrected chi connectivity index (χ2v) is 4.48. The van der Waals surface area contributed by atoms with E-state index in [-0.39, 0.29) is 5.91 Å². The first kappa shape index (κ1) is 11.0. The molecule has 1 N–H and O–H groups in total. The van der Waals surface area contributed by atoms with E-state index in [0.29, 0.717) is 11.7 Å². The molecule has 18 heavy (non-hydrogen) atoms. The molecule has 1 atom stereocenters. The van der Waals surface area contributed by atoms with Crippen LogP contribution in [0, 0.1) is 0 Å². The van der Waals surface area contributed by atoms with Gasteiger partial charge in [-0.1, -0.05) is 30.3 Å². The molecule has 0 bridgehead atoms. The van der Waals surface area contributed by atoms with Crippen molar-refractivity contribution in [2.45, 2.75) is 12.3 Å². The Labute approximate surface area is 105 Å². The van der Waals surface area contributed by atoms with E-state index in [4.69, 9.17) is 0 Å². The minimum atomic E-state index is -0.0640. The summed E-state index contributed by atoms with van der Waals surface area (Å²) in [5, 5.41) is 6.32. The Hall–Kier alpha value is -2.17. The molecule has 5 nitrogen and oxygen atoms in total. The Morgan fingerprint density at radius 3 is 2.89 bits per heavy atom. The molecule has 92 valence electrons. The van der Waals surface area contributed by atoms with Gasteiger partial charge in [-0.25, -0.2) is 4.98 Å². The maximum absolute atomic E-state index is 12.1. The summed E-state index contributed by atoms with van der Waals surface area (Å²) in [5.74, 6) is 0.688. The normalized spacial score (nSPS) is 19.1. The Balaban J connectivity index is 1.71. The van der Waals surface area contributed by atoms with Gasteiger partial charge in [-0.05, 0) is 12.0 Å². The third-order valence-corrected chi connectivity index (χ3v) is 3.36. The van der Waals surface area contributed by atoms with Crippen molar-refractivity contribution >= 4 is 5.91 Å². The topological polar surface area (TPSA) is 61.9 Å². The van der Waals surface area contributed by atoms with Crippen LogP contribution in [0.15, 0.2) is 36.7 Å². The fraction of sp³-hybridized carbons (Fsp3) is 0.308. The zero-order valence-corrected chi connectivity index (χ0v) is 9.91. The first-order valence-corrected chi connectivity index (χ1v) is 6.04. The van der Waals surface area contributed by atoms with Crippen LogP contribution in [0.25, 0.3) is 0 Å². The van der Waals surface area contributed by atoms with Gasteiger partial charge in [0, 0.05) is 19.0 Å². The van der Waals surface area contributed by atoms with Gasteiger partial charge in [-0.3, -0.25) is 9.89 Å². The van der Waals surface area contributed by atoms with Gasteiger partial charge in [-0.15, -0.1) is 0 Å². The van der Waals surface area contributed by atoms with Crippen LogP contribution in [0.3, 0.4) is 0 Å². The van der Waals surface area contributed by atoms with E-state index in [1.165, 1.54) is 11.9 Å². The summed E-state index contributed by atoms with van der Waals surface area (Å²) in [5.41, 5.74) is 1.30. The molecule has 1 amide bonds. The zero-order chi connectivity index (χ0) is 12.4. The number of hydrogen-bond donors (Lipinski definition) is 1. The Morgan fingerprint density at radius 2 is 2.17 bits per heavy atom. The Morgan fingerprint density at radius 1 is 1.33 bits per heavy atom. The monoisotopic (exact) mass is 242 g/mol. The quantitative estimate of drug-likeness (QED) is 0.866. The molecular formula is C13H14N4O. The van der Waals surface area contributed by atoms with Gasteiger partial charge in [0.15, 0.2) is 0 Å². The molecule has 0 radical (unpaired) electrons. The molecule has 1 aliphatic heterocycles. The Bertz CT molecular complexity index is 523. The standard InChI is InChI=1S/C13H14N4O/c18-13(12-14-9-15-16-12)17-7-6-11(8-17)10-4-2-1-3-5-10/h1-5,9,11H,6-8H2,(H,14,15,16). The van der Waals surface area contributed by atoms with Crippen molar-refractivity contribution in [3.05, 3.63) is 48.0 Å². The number of nitrogens with one attached hydrogen (secondary N) is 1. The summed E-state index contributed by atoms with van der Waals surface area (Å²) in [4.78, 5) is 17.8. The van der Waals surface area contributed by atoms with Crippen molar-refractivity contribution < 1.29 is 4.79 Å². The van der Waals surface area contributed by atoms with Crippen LogP contribution in [0.1, 0.15) is 28.5 Å². The number of rotatable bonds is 2. The highest BCUT2D eigenvalue weighted by Crippen LogP contribution is 2.27. The minimum Gasteiger partial charge on any atom is -0.335 e. The number of likely N-dealkylation sites (tertiary alicyclic amines) is 1. The molecule has 1 unspecified atom stereocenters. The van der Waals surface area contributed by atoms with Crippen molar-refractivity contribution in [2.24, 2.45) is 0 Å². The maximum Gasteiger partial charge on any atom is 0.291 e. The third-order valence-electron chi connectivity index (χ3n) is 3.36. The third kappa shape index (κ3) is 1.99. The van der Waals surface area contributed by atoms with Gasteiger partial charge in [0.2, 0.25) is 5.82 Å². The van der Waals surface area contributed by atoms with Gasteiger partial charge in [-0.2, -0.15) is 5.10 Å². The van der Waals surface area contributed by atoms with Gasteiger partial charge in [0.05, 0.1) is 0 Å². The van der Waals surface area contributed by atoms with E-state index >= 15 is 0 Å². The molecule has 1 aromatic heterocycles. The molecule has 2 heterocycles. The molecule has 1 fully saturated rings. The summed E-state index contributed by atoms with van der Waals surface area (Å²) < 4.78 is 0. The summed E-state index contributed by atoms with van der Waals surface area (Å²) >= 11 is 0. The first-order valence-electron chi connectivity index (χ1n) is 6.04. The fourth-order valence-electron chi connectivity index (χ4n) is 2.40. The number of carbonyl (C=O) groups is 1. The van der Waals surface area contributed by atoms with Crippen LogP contribution < -0.4 is 0 Å². The van der Waals surface area contributed by atoms with Crippen molar-refractivity contribution in [1.29, 1.82) is 0 Å². The highest BCUT2D eigenvalue weighted by Gasteiger charge is 2.28. The van der Waals surface area contributed by atoms with Gasteiger partial charge >= 0.3 is 0 Å². The number of hydrogen-bond acceptors (Lipinski definition) is 3. The smallest absolute Gasteiger partial charge is 0.291 e. The van der Waals surface area contributed by atoms with E-state index < -0.39 is 0 Å². The zero-order valence-electron chi connectivity index (χ0n) is 9.91. The number of benzene rings is 1. The second kappa shape index (κ2) is 4.60. The number of nitrogens with zero attached hydrogens (tertiary/aromatic N) is 3. The van der Waals surface area contributed by atoms with Crippen LogP contribution in [0.5, 0.6) is 0 Å². The molecular weight excluding hydrogens is 228 g/mol. The number of aromatic nitrogens is 3. The Kier molecular flexibility index (Phi) is 2.80. The van der Waals surface area contributed by atoms with Crippen LogP contribution in [0.4, 0.5) is 0 Å². The lowest BCUT2D eigenvalue weighted by molar-refractivity contribution is 0.0779. The van der Waals surface area contributed by atoms with E-state index in [2.05, 4.69) is 27.3 Å². The number of aromatic amines is 1. The average molecular weight is 242 g/mol. The first-order chi connectivity index (χ1) is 8.84. The summed E-state index contributed by atoms with van der Waals surface area (Å²) in [6.45, 7) is 1.53. The molecule has 5 heteroatoms. The molecule has 0 spiro atoms. The van der Waals surface area contributed by atoms with E-state index in [0.717, 1.165) is 19.5 Å². The van der Waals surface area contributed by atoms with E-state index in [1.807, 2.05) is 23.1 Å². The lowest BCUT2D eigenvalue weighted by atomic mass is 9.99.